The number of carbonyl (C=O) groups excluding carboxylic acids is 2. The predicted molar refractivity (Wildman–Crippen MR) is 73.4 cm³/mol. The lowest BCUT2D eigenvalue weighted by atomic mass is 9.96. The van der Waals surface area contributed by atoms with Crippen molar-refractivity contribution in [1.29, 1.82) is 0 Å². The van der Waals surface area contributed by atoms with Gasteiger partial charge >= 0.3 is 0 Å². The Hall–Kier alpha value is -1.84. The fraction of sp³-hybridized carbons (Fsp3) is 0.467. The first-order chi connectivity index (χ1) is 9.06. The predicted octanol–water partition coefficient (Wildman–Crippen LogP) is 1.66. The first kappa shape index (κ1) is 12.2. The van der Waals surface area contributed by atoms with Crippen molar-refractivity contribution in [3.8, 4) is 0 Å². The smallest absolute Gasteiger partial charge is 0.251 e. The van der Waals surface area contributed by atoms with E-state index in [1.807, 2.05) is 30.9 Å². The fourth-order valence-electron chi connectivity index (χ4n) is 2.93. The molecule has 2 aliphatic heterocycles. The van der Waals surface area contributed by atoms with Crippen molar-refractivity contribution in [3.05, 3.63) is 28.8 Å². The number of benzene rings is 1. The number of carbonyl (C=O) groups is 2. The normalized spacial score (nSPS) is 16.8. The van der Waals surface area contributed by atoms with Crippen molar-refractivity contribution in [1.82, 2.24) is 5.32 Å². The van der Waals surface area contributed by atoms with E-state index in [-0.39, 0.29) is 17.9 Å². The number of hydrogen-bond donors (Lipinski definition) is 1. The van der Waals surface area contributed by atoms with Gasteiger partial charge in [-0.3, -0.25) is 9.59 Å². The van der Waals surface area contributed by atoms with E-state index in [9.17, 15) is 9.59 Å². The molecule has 2 heterocycles. The Morgan fingerprint density at radius 3 is 2.58 bits per heavy atom. The number of amides is 2. The molecule has 0 radical (unpaired) electrons. The van der Waals surface area contributed by atoms with Gasteiger partial charge in [0.15, 0.2) is 0 Å². The van der Waals surface area contributed by atoms with Gasteiger partial charge in [0.1, 0.15) is 0 Å². The number of hydrogen-bond acceptors (Lipinski definition) is 2. The van der Waals surface area contributed by atoms with Crippen molar-refractivity contribution in [2.45, 2.75) is 39.2 Å². The van der Waals surface area contributed by atoms with Gasteiger partial charge in [0.25, 0.3) is 5.91 Å². The summed E-state index contributed by atoms with van der Waals surface area (Å²) in [7, 11) is 0. The highest BCUT2D eigenvalue weighted by Gasteiger charge is 2.31. The van der Waals surface area contributed by atoms with Crippen LogP contribution in [0.5, 0.6) is 0 Å². The molecule has 1 N–H and O–H groups in total. The molecule has 1 aromatic carbocycles. The van der Waals surface area contributed by atoms with Crippen LogP contribution in [-0.4, -0.2) is 24.4 Å². The largest absolute Gasteiger partial charge is 0.350 e. The molecule has 0 aliphatic carbocycles. The van der Waals surface area contributed by atoms with Gasteiger partial charge in [-0.25, -0.2) is 0 Å². The quantitative estimate of drug-likeness (QED) is 0.877. The monoisotopic (exact) mass is 258 g/mol. The van der Waals surface area contributed by atoms with E-state index in [2.05, 4.69) is 5.32 Å². The molecule has 0 fully saturated rings. The van der Waals surface area contributed by atoms with Crippen molar-refractivity contribution >= 4 is 17.5 Å². The Morgan fingerprint density at radius 2 is 1.89 bits per heavy atom. The minimum atomic E-state index is -0.0237. The van der Waals surface area contributed by atoms with E-state index in [0.29, 0.717) is 6.42 Å². The molecular weight excluding hydrogens is 240 g/mol. The summed E-state index contributed by atoms with van der Waals surface area (Å²) in [5.41, 5.74) is 4.07. The molecule has 19 heavy (non-hydrogen) atoms. The Labute approximate surface area is 112 Å². The average Bonchev–Trinajstić information content (AvgIpc) is 2.78. The van der Waals surface area contributed by atoms with Crippen LogP contribution in [0.2, 0.25) is 0 Å². The van der Waals surface area contributed by atoms with E-state index < -0.39 is 0 Å². The Balaban J connectivity index is 2.00. The van der Waals surface area contributed by atoms with Crippen molar-refractivity contribution in [3.63, 3.8) is 0 Å². The SMILES string of the molecule is CC(C)NC(=O)c1cc2c3c(c1)CCN3C(=O)CC2. The lowest BCUT2D eigenvalue weighted by Crippen LogP contribution is -2.33. The summed E-state index contributed by atoms with van der Waals surface area (Å²) in [5, 5.41) is 2.92. The first-order valence-corrected chi connectivity index (χ1v) is 6.83. The molecule has 2 aliphatic rings. The van der Waals surface area contributed by atoms with Crippen LogP contribution in [0.4, 0.5) is 5.69 Å². The molecule has 4 nitrogen and oxygen atoms in total. The zero-order valence-corrected chi connectivity index (χ0v) is 11.3. The third-order valence-corrected chi connectivity index (χ3v) is 3.73. The van der Waals surface area contributed by atoms with Gasteiger partial charge < -0.3 is 10.2 Å². The second kappa shape index (κ2) is 4.37. The van der Waals surface area contributed by atoms with Gasteiger partial charge in [-0.15, -0.1) is 0 Å². The maximum Gasteiger partial charge on any atom is 0.251 e. The van der Waals surface area contributed by atoms with Crippen LogP contribution < -0.4 is 10.2 Å². The summed E-state index contributed by atoms with van der Waals surface area (Å²) >= 11 is 0. The molecule has 1 aromatic rings. The lowest BCUT2D eigenvalue weighted by Gasteiger charge is -2.25. The minimum Gasteiger partial charge on any atom is -0.350 e. The Kier molecular flexibility index (Phi) is 2.81. The van der Waals surface area contributed by atoms with Crippen LogP contribution in [0.15, 0.2) is 12.1 Å². The van der Waals surface area contributed by atoms with Gasteiger partial charge in [-0.1, -0.05) is 0 Å². The Bertz CT molecular complexity index is 564. The summed E-state index contributed by atoms with van der Waals surface area (Å²) in [5.74, 6) is 0.190. The summed E-state index contributed by atoms with van der Waals surface area (Å²) in [6.07, 6.45) is 2.17. The number of aryl methyl sites for hydroxylation is 1. The first-order valence-electron chi connectivity index (χ1n) is 6.83. The third kappa shape index (κ3) is 2.01. The van der Waals surface area contributed by atoms with Gasteiger partial charge in [0.05, 0.1) is 5.69 Å². The fourth-order valence-corrected chi connectivity index (χ4v) is 2.93. The number of nitrogens with one attached hydrogen (secondary N) is 1. The van der Waals surface area contributed by atoms with Gasteiger partial charge in [0.2, 0.25) is 5.91 Å². The number of rotatable bonds is 2. The number of nitrogens with zero attached hydrogens (tertiary/aromatic N) is 1. The maximum absolute atomic E-state index is 12.1. The molecule has 0 aromatic heterocycles. The summed E-state index contributed by atoms with van der Waals surface area (Å²) in [6, 6.07) is 4.02. The number of anilines is 1. The molecule has 0 saturated heterocycles. The third-order valence-electron chi connectivity index (χ3n) is 3.73. The van der Waals surface area contributed by atoms with E-state index in [1.165, 1.54) is 0 Å². The van der Waals surface area contributed by atoms with Crippen LogP contribution >= 0.6 is 0 Å². The second-order valence-electron chi connectivity index (χ2n) is 5.57. The summed E-state index contributed by atoms with van der Waals surface area (Å²) < 4.78 is 0. The van der Waals surface area contributed by atoms with Crippen LogP contribution in [0.3, 0.4) is 0 Å². The molecule has 3 rings (SSSR count). The molecule has 0 atom stereocenters. The van der Waals surface area contributed by atoms with E-state index >= 15 is 0 Å². The van der Waals surface area contributed by atoms with Gasteiger partial charge in [-0.05, 0) is 49.9 Å². The van der Waals surface area contributed by atoms with Gasteiger partial charge in [-0.2, -0.15) is 0 Å². The zero-order valence-electron chi connectivity index (χ0n) is 11.3. The maximum atomic E-state index is 12.1. The van der Waals surface area contributed by atoms with Gasteiger partial charge in [0, 0.05) is 24.6 Å². The highest BCUT2D eigenvalue weighted by Crippen LogP contribution is 2.37. The van der Waals surface area contributed by atoms with E-state index in [1.54, 1.807) is 0 Å². The van der Waals surface area contributed by atoms with Crippen LogP contribution in [0, 0.1) is 0 Å². The standard InChI is InChI=1S/C15H18N2O2/c1-9(2)16-15(19)12-7-10-3-4-13(18)17-6-5-11(8-12)14(10)17/h7-9H,3-6H2,1-2H3,(H,16,19). The molecule has 4 heteroatoms. The highest BCUT2D eigenvalue weighted by atomic mass is 16.2. The van der Waals surface area contributed by atoms with Crippen molar-refractivity contribution in [2.24, 2.45) is 0 Å². The van der Waals surface area contributed by atoms with Crippen molar-refractivity contribution < 1.29 is 9.59 Å². The summed E-state index contributed by atoms with van der Waals surface area (Å²) in [4.78, 5) is 25.8. The molecule has 0 bridgehead atoms. The van der Waals surface area contributed by atoms with E-state index in [4.69, 9.17) is 0 Å². The van der Waals surface area contributed by atoms with Crippen LogP contribution in [0.25, 0.3) is 0 Å². The van der Waals surface area contributed by atoms with E-state index in [0.717, 1.165) is 41.8 Å². The minimum absolute atomic E-state index is 0.0237. The zero-order chi connectivity index (χ0) is 13.6. The van der Waals surface area contributed by atoms with Crippen LogP contribution in [0.1, 0.15) is 41.8 Å². The molecule has 0 saturated carbocycles. The van der Waals surface area contributed by atoms with Crippen LogP contribution in [-0.2, 0) is 17.6 Å². The molecule has 0 unspecified atom stereocenters. The topological polar surface area (TPSA) is 49.4 Å². The average molecular weight is 258 g/mol. The molecule has 100 valence electrons. The molecule has 0 spiro atoms. The molecular formula is C15H18N2O2. The summed E-state index contributed by atoms with van der Waals surface area (Å²) in [6.45, 7) is 4.67. The second-order valence-corrected chi connectivity index (χ2v) is 5.57. The Morgan fingerprint density at radius 1 is 1.21 bits per heavy atom. The molecule has 2 amide bonds. The van der Waals surface area contributed by atoms with Crippen molar-refractivity contribution in [2.75, 3.05) is 11.4 Å². The lowest BCUT2D eigenvalue weighted by molar-refractivity contribution is -0.118. The highest BCUT2D eigenvalue weighted by molar-refractivity contribution is 6.01.